The molecule has 4 nitrogen and oxygen atoms in total. The van der Waals surface area contributed by atoms with Crippen LogP contribution < -0.4 is 10.1 Å². The highest BCUT2D eigenvalue weighted by Crippen LogP contribution is 2.28. The summed E-state index contributed by atoms with van der Waals surface area (Å²) in [6.07, 6.45) is 8.06. The molecular formula is C14H17N3O. The Hall–Kier alpha value is -1.60. The van der Waals surface area contributed by atoms with Gasteiger partial charge in [-0.3, -0.25) is 0 Å². The lowest BCUT2D eigenvalue weighted by Crippen LogP contribution is -2.34. The highest BCUT2D eigenvalue weighted by atomic mass is 16.5. The average molecular weight is 243 g/mol. The van der Waals surface area contributed by atoms with Crippen LogP contribution in [0.1, 0.15) is 31.4 Å². The predicted molar refractivity (Wildman–Crippen MR) is 68.2 cm³/mol. The van der Waals surface area contributed by atoms with E-state index in [-0.39, 0.29) is 6.10 Å². The zero-order chi connectivity index (χ0) is 12.2. The fourth-order valence-electron chi connectivity index (χ4n) is 1.97. The van der Waals surface area contributed by atoms with E-state index in [1.165, 1.54) is 12.8 Å². The fraction of sp³-hybridized carbons (Fsp3) is 0.571. The number of nitrogens with zero attached hydrogens (tertiary/aromatic N) is 2. The lowest BCUT2D eigenvalue weighted by Gasteiger charge is -2.23. The molecule has 1 aliphatic heterocycles. The summed E-state index contributed by atoms with van der Waals surface area (Å²) in [6.45, 7) is 2.02. The van der Waals surface area contributed by atoms with Gasteiger partial charge in [0.2, 0.25) is 5.88 Å². The number of hydrogen-bond acceptors (Lipinski definition) is 4. The Bertz CT molecular complexity index is 467. The molecule has 1 aromatic heterocycles. The molecule has 0 amide bonds. The van der Waals surface area contributed by atoms with Crippen LogP contribution >= 0.6 is 0 Å². The Morgan fingerprint density at radius 1 is 1.11 bits per heavy atom. The van der Waals surface area contributed by atoms with E-state index in [4.69, 9.17) is 4.74 Å². The van der Waals surface area contributed by atoms with E-state index in [0.717, 1.165) is 25.9 Å². The molecule has 0 spiro atoms. The third-order valence-electron chi connectivity index (χ3n) is 3.20. The number of hydrogen-bond donors (Lipinski definition) is 1. The first-order valence-electron chi connectivity index (χ1n) is 6.62. The molecule has 1 saturated carbocycles. The molecule has 2 heterocycles. The lowest BCUT2D eigenvalue weighted by molar-refractivity contribution is 0.155. The van der Waals surface area contributed by atoms with Gasteiger partial charge in [-0.2, -0.15) is 0 Å². The van der Waals surface area contributed by atoms with Crippen molar-refractivity contribution in [1.29, 1.82) is 0 Å². The van der Waals surface area contributed by atoms with Crippen molar-refractivity contribution in [2.75, 3.05) is 13.1 Å². The lowest BCUT2D eigenvalue weighted by atomic mass is 10.1. The number of nitrogens with one attached hydrogen (secondary N) is 1. The summed E-state index contributed by atoms with van der Waals surface area (Å²) in [5.74, 6) is 7.47. The predicted octanol–water partition coefficient (Wildman–Crippen LogP) is 1.37. The molecule has 2 fully saturated rings. The van der Waals surface area contributed by atoms with Crippen LogP contribution in [0.15, 0.2) is 12.4 Å². The zero-order valence-electron chi connectivity index (χ0n) is 10.4. The van der Waals surface area contributed by atoms with Crippen LogP contribution in [-0.2, 0) is 0 Å². The molecule has 4 heteroatoms. The molecule has 0 bridgehead atoms. The largest absolute Gasteiger partial charge is 0.472 e. The maximum atomic E-state index is 5.92. The monoisotopic (exact) mass is 243 g/mol. The maximum Gasteiger partial charge on any atom is 0.249 e. The molecule has 1 aliphatic carbocycles. The van der Waals surface area contributed by atoms with Gasteiger partial charge in [0.05, 0.1) is 0 Å². The van der Waals surface area contributed by atoms with Crippen LogP contribution in [-0.4, -0.2) is 29.2 Å². The first-order chi connectivity index (χ1) is 8.92. The van der Waals surface area contributed by atoms with Gasteiger partial charge in [0.15, 0.2) is 5.69 Å². The van der Waals surface area contributed by atoms with E-state index in [0.29, 0.717) is 17.5 Å². The van der Waals surface area contributed by atoms with Crippen LogP contribution in [0.25, 0.3) is 0 Å². The molecule has 18 heavy (non-hydrogen) atoms. The summed E-state index contributed by atoms with van der Waals surface area (Å²) in [5.41, 5.74) is 0.683. The minimum absolute atomic E-state index is 0.240. The summed E-state index contributed by atoms with van der Waals surface area (Å²) >= 11 is 0. The van der Waals surface area contributed by atoms with Crippen LogP contribution in [0.5, 0.6) is 5.88 Å². The first-order valence-corrected chi connectivity index (χ1v) is 6.62. The van der Waals surface area contributed by atoms with Gasteiger partial charge in [0.25, 0.3) is 0 Å². The summed E-state index contributed by atoms with van der Waals surface area (Å²) in [4.78, 5) is 8.53. The van der Waals surface area contributed by atoms with Crippen molar-refractivity contribution in [3.8, 4) is 17.7 Å². The minimum Gasteiger partial charge on any atom is -0.472 e. The van der Waals surface area contributed by atoms with Gasteiger partial charge in [-0.15, -0.1) is 0 Å². The molecule has 0 aromatic carbocycles. The van der Waals surface area contributed by atoms with Gasteiger partial charge in [-0.1, -0.05) is 5.92 Å². The van der Waals surface area contributed by atoms with Crippen LogP contribution in [0.4, 0.5) is 0 Å². The Labute approximate surface area is 107 Å². The molecule has 94 valence electrons. The van der Waals surface area contributed by atoms with Gasteiger partial charge in [-0.25, -0.2) is 9.97 Å². The van der Waals surface area contributed by atoms with Crippen molar-refractivity contribution in [3.05, 3.63) is 18.1 Å². The molecule has 0 unspecified atom stereocenters. The third-order valence-corrected chi connectivity index (χ3v) is 3.20. The van der Waals surface area contributed by atoms with Crippen LogP contribution in [0, 0.1) is 17.8 Å². The highest BCUT2D eigenvalue weighted by Gasteiger charge is 2.19. The van der Waals surface area contributed by atoms with Gasteiger partial charge in [-0.05, 0) is 44.7 Å². The topological polar surface area (TPSA) is 47.0 Å². The smallest absolute Gasteiger partial charge is 0.249 e. The van der Waals surface area contributed by atoms with Gasteiger partial charge >= 0.3 is 0 Å². The number of aromatic nitrogens is 2. The van der Waals surface area contributed by atoms with Crippen LogP contribution in [0.2, 0.25) is 0 Å². The molecule has 2 aliphatic rings. The first kappa shape index (κ1) is 11.5. The van der Waals surface area contributed by atoms with E-state index >= 15 is 0 Å². The molecule has 1 N–H and O–H groups in total. The van der Waals surface area contributed by atoms with Crippen molar-refractivity contribution >= 4 is 0 Å². The second-order valence-corrected chi connectivity index (χ2v) is 4.82. The Balaban J connectivity index is 1.72. The Kier molecular flexibility index (Phi) is 3.42. The number of ether oxygens (including phenoxy) is 1. The standard InChI is InChI=1S/C14H17N3O/c1-2-11(1)3-4-13-14(17-10-9-16-13)18-12-5-7-15-8-6-12/h9-12,15H,1-2,5-8H2. The van der Waals surface area contributed by atoms with Crippen molar-refractivity contribution in [1.82, 2.24) is 15.3 Å². The average Bonchev–Trinajstić information content (AvgIpc) is 3.23. The van der Waals surface area contributed by atoms with Gasteiger partial charge in [0, 0.05) is 18.3 Å². The van der Waals surface area contributed by atoms with E-state index in [1.807, 2.05) is 0 Å². The zero-order valence-corrected chi connectivity index (χ0v) is 10.4. The third kappa shape index (κ3) is 2.99. The Morgan fingerprint density at radius 2 is 1.89 bits per heavy atom. The van der Waals surface area contributed by atoms with Crippen molar-refractivity contribution in [2.24, 2.45) is 5.92 Å². The van der Waals surface area contributed by atoms with Gasteiger partial charge < -0.3 is 10.1 Å². The van der Waals surface area contributed by atoms with Crippen molar-refractivity contribution in [2.45, 2.75) is 31.8 Å². The fourth-order valence-corrected chi connectivity index (χ4v) is 1.97. The molecule has 0 atom stereocenters. The highest BCUT2D eigenvalue weighted by molar-refractivity contribution is 5.36. The SMILES string of the molecule is C(#CC1CC1)c1nccnc1OC1CCNCC1. The summed E-state index contributed by atoms with van der Waals surface area (Å²) in [6, 6.07) is 0. The number of rotatable bonds is 2. The summed E-state index contributed by atoms with van der Waals surface area (Å²) in [5, 5.41) is 3.32. The molecule has 1 aromatic rings. The second-order valence-electron chi connectivity index (χ2n) is 4.82. The minimum atomic E-state index is 0.240. The van der Waals surface area contributed by atoms with E-state index in [9.17, 15) is 0 Å². The molecule has 1 saturated heterocycles. The normalized spacial score (nSPS) is 20.0. The van der Waals surface area contributed by atoms with E-state index in [2.05, 4.69) is 27.1 Å². The number of piperidine rings is 1. The van der Waals surface area contributed by atoms with E-state index < -0.39 is 0 Å². The van der Waals surface area contributed by atoms with Crippen LogP contribution in [0.3, 0.4) is 0 Å². The summed E-state index contributed by atoms with van der Waals surface area (Å²) in [7, 11) is 0. The molecule has 3 rings (SSSR count). The molecule has 0 radical (unpaired) electrons. The second kappa shape index (κ2) is 5.36. The molecular weight excluding hydrogens is 226 g/mol. The Morgan fingerprint density at radius 3 is 2.67 bits per heavy atom. The van der Waals surface area contributed by atoms with Crippen molar-refractivity contribution in [3.63, 3.8) is 0 Å². The van der Waals surface area contributed by atoms with Gasteiger partial charge in [0.1, 0.15) is 6.10 Å². The quantitative estimate of drug-likeness (QED) is 0.797. The van der Waals surface area contributed by atoms with Crippen molar-refractivity contribution < 1.29 is 4.74 Å². The van der Waals surface area contributed by atoms with E-state index in [1.54, 1.807) is 12.4 Å². The maximum absolute atomic E-state index is 5.92. The summed E-state index contributed by atoms with van der Waals surface area (Å²) < 4.78 is 5.92.